The number of hydrogen-bond acceptors (Lipinski definition) is 4. The molecule has 2 aliphatic rings. The smallest absolute Gasteiger partial charge is 0.251 e. The quantitative estimate of drug-likeness (QED) is 0.854. The average molecular weight is 382 g/mol. The van der Waals surface area contributed by atoms with E-state index in [2.05, 4.69) is 39.8 Å². The molecule has 0 saturated carbocycles. The van der Waals surface area contributed by atoms with Gasteiger partial charge in [-0.05, 0) is 37.1 Å². The molecule has 2 amide bonds. The number of benzene rings is 2. The zero-order valence-corrected chi connectivity index (χ0v) is 16.1. The van der Waals surface area contributed by atoms with Crippen molar-refractivity contribution in [1.29, 1.82) is 0 Å². The third kappa shape index (κ3) is 4.17. The summed E-state index contributed by atoms with van der Waals surface area (Å²) in [6.07, 6.45) is 0.952. The summed E-state index contributed by atoms with van der Waals surface area (Å²) < 4.78 is 0. The Morgan fingerprint density at radius 2 is 2.07 bits per heavy atom. The zero-order valence-electron chi connectivity index (χ0n) is 15.3. The molecule has 1 saturated heterocycles. The maximum absolute atomic E-state index is 12.6. The lowest BCUT2D eigenvalue weighted by molar-refractivity contribution is -0.115. The predicted octanol–water partition coefficient (Wildman–Crippen LogP) is 3.12. The minimum absolute atomic E-state index is 0.0163. The molecule has 0 aliphatic carbocycles. The van der Waals surface area contributed by atoms with Crippen molar-refractivity contribution in [3.63, 3.8) is 0 Å². The number of rotatable bonds is 4. The number of hydrogen-bond donors (Lipinski definition) is 2. The first-order chi connectivity index (χ1) is 13.1. The number of fused-ring (bicyclic) bond motifs is 1. The van der Waals surface area contributed by atoms with E-state index in [0.717, 1.165) is 36.6 Å². The van der Waals surface area contributed by atoms with Gasteiger partial charge in [-0.15, -0.1) is 11.8 Å². The van der Waals surface area contributed by atoms with E-state index >= 15 is 0 Å². The van der Waals surface area contributed by atoms with E-state index in [4.69, 9.17) is 0 Å². The fourth-order valence-electron chi connectivity index (χ4n) is 3.55. The molecule has 27 heavy (non-hydrogen) atoms. The van der Waals surface area contributed by atoms with Gasteiger partial charge in [0.2, 0.25) is 5.91 Å². The summed E-state index contributed by atoms with van der Waals surface area (Å²) in [5.41, 5.74) is 2.61. The van der Waals surface area contributed by atoms with Crippen LogP contribution in [0.2, 0.25) is 0 Å². The first-order valence-corrected chi connectivity index (χ1v) is 10.1. The molecule has 2 atom stereocenters. The van der Waals surface area contributed by atoms with Crippen molar-refractivity contribution in [3.05, 3.63) is 59.7 Å². The van der Waals surface area contributed by atoms with Crippen LogP contribution in [-0.4, -0.2) is 41.1 Å². The Labute approximate surface area is 163 Å². The predicted molar refractivity (Wildman–Crippen MR) is 108 cm³/mol. The highest BCUT2D eigenvalue weighted by atomic mass is 32.2. The molecule has 2 heterocycles. The molecule has 6 heteroatoms. The Kier molecular flexibility index (Phi) is 5.18. The van der Waals surface area contributed by atoms with E-state index in [1.807, 2.05) is 25.1 Å². The van der Waals surface area contributed by atoms with Gasteiger partial charge in [0.25, 0.3) is 5.91 Å². The lowest BCUT2D eigenvalue weighted by Crippen LogP contribution is -2.37. The standard InChI is InChI=1S/C21H23N3O2S/c1-14-20(25)23-18-11-16(7-8-19(18)27-14)21(26)22-17-9-10-24(13-17)12-15-5-3-2-4-6-15/h2-8,11,14,17H,9-10,12-13H2,1H3,(H,22,26)(H,23,25)/t14-,17+/m1/s1. The molecular weight excluding hydrogens is 358 g/mol. The number of nitrogens with one attached hydrogen (secondary N) is 2. The largest absolute Gasteiger partial charge is 0.348 e. The van der Waals surface area contributed by atoms with Crippen molar-refractivity contribution in [2.45, 2.75) is 36.1 Å². The summed E-state index contributed by atoms with van der Waals surface area (Å²) >= 11 is 1.52. The monoisotopic (exact) mass is 381 g/mol. The summed E-state index contributed by atoms with van der Waals surface area (Å²) in [4.78, 5) is 27.9. The SMILES string of the molecule is C[C@H]1Sc2ccc(C(=O)N[C@H]3CCN(Cc4ccccc4)C3)cc2NC1=O. The highest BCUT2D eigenvalue weighted by Gasteiger charge is 2.26. The molecular formula is C21H23N3O2S. The molecule has 2 N–H and O–H groups in total. The van der Waals surface area contributed by atoms with Crippen LogP contribution in [-0.2, 0) is 11.3 Å². The number of nitrogens with zero attached hydrogens (tertiary/aromatic N) is 1. The molecule has 2 aliphatic heterocycles. The Bertz CT molecular complexity index is 856. The second-order valence-corrected chi connectivity index (χ2v) is 8.52. The zero-order chi connectivity index (χ0) is 18.8. The summed E-state index contributed by atoms with van der Waals surface area (Å²) in [5.74, 6) is -0.0976. The normalized spacial score (nSPS) is 22.2. The van der Waals surface area contributed by atoms with Crippen LogP contribution in [0.3, 0.4) is 0 Å². The van der Waals surface area contributed by atoms with Crippen molar-refractivity contribution in [2.75, 3.05) is 18.4 Å². The third-order valence-electron chi connectivity index (χ3n) is 5.03. The fraction of sp³-hybridized carbons (Fsp3) is 0.333. The van der Waals surface area contributed by atoms with Gasteiger partial charge in [-0.2, -0.15) is 0 Å². The molecule has 2 aromatic carbocycles. The third-order valence-corrected chi connectivity index (χ3v) is 6.21. The Balaban J connectivity index is 1.36. The lowest BCUT2D eigenvalue weighted by Gasteiger charge is -2.22. The van der Waals surface area contributed by atoms with Crippen LogP contribution in [0.4, 0.5) is 5.69 Å². The molecule has 140 valence electrons. The van der Waals surface area contributed by atoms with Gasteiger partial charge in [0.05, 0.1) is 10.9 Å². The Morgan fingerprint density at radius 1 is 1.26 bits per heavy atom. The number of carbonyl (C=O) groups excluding carboxylic acids is 2. The molecule has 0 aromatic heterocycles. The highest BCUT2D eigenvalue weighted by molar-refractivity contribution is 8.00. The van der Waals surface area contributed by atoms with Gasteiger partial charge in [0.15, 0.2) is 0 Å². The maximum Gasteiger partial charge on any atom is 0.251 e. The van der Waals surface area contributed by atoms with Gasteiger partial charge >= 0.3 is 0 Å². The van der Waals surface area contributed by atoms with Gasteiger partial charge in [-0.1, -0.05) is 30.3 Å². The summed E-state index contributed by atoms with van der Waals surface area (Å²) in [6.45, 7) is 4.63. The number of likely N-dealkylation sites (tertiary alicyclic amines) is 1. The number of carbonyl (C=O) groups is 2. The van der Waals surface area contributed by atoms with Crippen molar-refractivity contribution < 1.29 is 9.59 Å². The van der Waals surface area contributed by atoms with E-state index in [9.17, 15) is 9.59 Å². The van der Waals surface area contributed by atoms with Crippen molar-refractivity contribution in [2.24, 2.45) is 0 Å². The second-order valence-electron chi connectivity index (χ2n) is 7.14. The van der Waals surface area contributed by atoms with Crippen LogP contribution in [0.5, 0.6) is 0 Å². The molecule has 4 rings (SSSR count). The molecule has 1 fully saturated rings. The average Bonchev–Trinajstić information content (AvgIpc) is 3.10. The van der Waals surface area contributed by atoms with E-state index in [-0.39, 0.29) is 23.1 Å². The van der Waals surface area contributed by atoms with E-state index in [0.29, 0.717) is 5.56 Å². The Hall–Kier alpha value is -2.31. The lowest BCUT2D eigenvalue weighted by atomic mass is 10.1. The van der Waals surface area contributed by atoms with Crippen molar-refractivity contribution in [1.82, 2.24) is 10.2 Å². The van der Waals surface area contributed by atoms with Crippen molar-refractivity contribution >= 4 is 29.3 Å². The Morgan fingerprint density at radius 3 is 2.89 bits per heavy atom. The molecule has 0 unspecified atom stereocenters. The summed E-state index contributed by atoms with van der Waals surface area (Å²) in [6, 6.07) is 16.1. The fourth-order valence-corrected chi connectivity index (χ4v) is 4.48. The first-order valence-electron chi connectivity index (χ1n) is 9.27. The second kappa shape index (κ2) is 7.74. The molecule has 0 radical (unpaired) electrons. The molecule has 0 bridgehead atoms. The van der Waals surface area contributed by atoms with Crippen LogP contribution in [0, 0.1) is 0 Å². The molecule has 5 nitrogen and oxygen atoms in total. The van der Waals surface area contributed by atoms with Crippen LogP contribution in [0.15, 0.2) is 53.4 Å². The topological polar surface area (TPSA) is 61.4 Å². The molecule has 2 aromatic rings. The molecule has 0 spiro atoms. The van der Waals surface area contributed by atoms with E-state index in [1.54, 1.807) is 6.07 Å². The summed E-state index contributed by atoms with van der Waals surface area (Å²) in [5, 5.41) is 5.92. The number of anilines is 1. The number of thioether (sulfide) groups is 1. The highest BCUT2D eigenvalue weighted by Crippen LogP contribution is 2.35. The van der Waals surface area contributed by atoms with Gasteiger partial charge in [-0.25, -0.2) is 0 Å². The summed E-state index contributed by atoms with van der Waals surface area (Å²) in [7, 11) is 0. The van der Waals surface area contributed by atoms with Crippen LogP contribution < -0.4 is 10.6 Å². The van der Waals surface area contributed by atoms with E-state index < -0.39 is 0 Å². The van der Waals surface area contributed by atoms with Crippen LogP contribution in [0.1, 0.15) is 29.3 Å². The van der Waals surface area contributed by atoms with E-state index in [1.165, 1.54) is 17.3 Å². The minimum Gasteiger partial charge on any atom is -0.348 e. The first kappa shape index (κ1) is 18.1. The van der Waals surface area contributed by atoms with Crippen molar-refractivity contribution in [3.8, 4) is 0 Å². The minimum atomic E-state index is -0.105. The van der Waals surface area contributed by atoms with Gasteiger partial charge < -0.3 is 10.6 Å². The van der Waals surface area contributed by atoms with Gasteiger partial charge in [0, 0.05) is 36.1 Å². The number of amides is 2. The van der Waals surface area contributed by atoms with Gasteiger partial charge in [0.1, 0.15) is 0 Å². The van der Waals surface area contributed by atoms with Crippen LogP contribution >= 0.6 is 11.8 Å². The van der Waals surface area contributed by atoms with Crippen LogP contribution in [0.25, 0.3) is 0 Å². The van der Waals surface area contributed by atoms with Gasteiger partial charge in [-0.3, -0.25) is 14.5 Å². The maximum atomic E-state index is 12.6.